The third-order valence-electron chi connectivity index (χ3n) is 6.96. The summed E-state index contributed by atoms with van der Waals surface area (Å²) in [5, 5.41) is 12.1. The highest BCUT2D eigenvalue weighted by Crippen LogP contribution is 2.30. The van der Waals surface area contributed by atoms with Crippen LogP contribution in [0.1, 0.15) is 17.9 Å². The van der Waals surface area contributed by atoms with Crippen LogP contribution in [0.4, 0.5) is 0 Å². The van der Waals surface area contributed by atoms with Crippen molar-refractivity contribution in [2.24, 2.45) is 16.1 Å². The van der Waals surface area contributed by atoms with Gasteiger partial charge in [0, 0.05) is 57.5 Å². The third-order valence-corrected chi connectivity index (χ3v) is 6.96. The molecule has 1 fully saturated rings. The van der Waals surface area contributed by atoms with E-state index in [2.05, 4.69) is 25.3 Å². The van der Waals surface area contributed by atoms with Gasteiger partial charge in [0.2, 0.25) is 17.6 Å². The molecule has 0 bridgehead atoms. The summed E-state index contributed by atoms with van der Waals surface area (Å²) in [5.41, 5.74) is 3.78. The van der Waals surface area contributed by atoms with Crippen molar-refractivity contribution >= 4 is 11.8 Å². The average Bonchev–Trinajstić information content (AvgIpc) is 3.59. The Hall–Kier alpha value is -3.92. The molecule has 1 aliphatic carbocycles. The zero-order valence-corrected chi connectivity index (χ0v) is 19.8. The summed E-state index contributed by atoms with van der Waals surface area (Å²) >= 11 is 0. The number of fused-ring (bicyclic) bond motifs is 2. The van der Waals surface area contributed by atoms with Crippen LogP contribution in [0.15, 0.2) is 68.5 Å². The van der Waals surface area contributed by atoms with Gasteiger partial charge in [-0.1, -0.05) is 29.5 Å². The van der Waals surface area contributed by atoms with E-state index in [-0.39, 0.29) is 17.7 Å². The number of azo groups is 1. The summed E-state index contributed by atoms with van der Waals surface area (Å²) in [7, 11) is 0. The molecule has 0 spiro atoms. The summed E-state index contributed by atoms with van der Waals surface area (Å²) in [6.45, 7) is 4.08. The van der Waals surface area contributed by atoms with E-state index in [9.17, 15) is 9.59 Å². The van der Waals surface area contributed by atoms with Crippen LogP contribution in [-0.4, -0.2) is 71.1 Å². The smallest absolute Gasteiger partial charge is 0.275 e. The molecule has 4 heterocycles. The topological polar surface area (TPSA) is 113 Å². The largest absolute Gasteiger partial charge is 0.493 e. The van der Waals surface area contributed by atoms with Gasteiger partial charge in [-0.05, 0) is 29.3 Å². The van der Waals surface area contributed by atoms with Crippen molar-refractivity contribution in [1.29, 1.82) is 0 Å². The fourth-order valence-corrected chi connectivity index (χ4v) is 4.92. The first kappa shape index (κ1) is 22.5. The zero-order valence-electron chi connectivity index (χ0n) is 19.8. The number of nitrogens with zero attached hydrogens (tertiary/aromatic N) is 6. The third kappa shape index (κ3) is 4.51. The summed E-state index contributed by atoms with van der Waals surface area (Å²) in [6, 6.07) is 5.90. The van der Waals surface area contributed by atoms with Gasteiger partial charge in [0.25, 0.3) is 5.91 Å². The van der Waals surface area contributed by atoms with E-state index >= 15 is 0 Å². The number of allylic oxidation sites excluding steroid dienone is 3. The lowest BCUT2D eigenvalue weighted by Crippen LogP contribution is -2.49. The van der Waals surface area contributed by atoms with Gasteiger partial charge in [0.05, 0.1) is 18.2 Å². The minimum Gasteiger partial charge on any atom is -0.493 e. The highest BCUT2D eigenvalue weighted by Gasteiger charge is 2.29. The van der Waals surface area contributed by atoms with Gasteiger partial charge in [-0.25, -0.2) is 0 Å². The molecule has 0 N–H and O–H groups in total. The number of piperazine rings is 1. The second kappa shape index (κ2) is 9.62. The minimum absolute atomic E-state index is 0.0782. The maximum Gasteiger partial charge on any atom is 0.275 e. The van der Waals surface area contributed by atoms with Crippen molar-refractivity contribution in [2.75, 3.05) is 39.3 Å². The molecule has 1 unspecified atom stereocenters. The standard InChI is InChI=1S/C26H26N6O4/c33-24(8-7-23-27-25(30-36-23)18-5-6-22-17(15-18)9-14-35-22)32-12-10-31(11-13-32)16-21-19-3-1-2-4-20(19)26(34)29-28-21/h1-6,15,20H,7-14,16H2. The molecule has 184 valence electrons. The average molecular weight is 487 g/mol. The van der Waals surface area contributed by atoms with Crippen molar-refractivity contribution in [3.8, 4) is 17.1 Å². The molecule has 10 nitrogen and oxygen atoms in total. The Balaban J connectivity index is 0.999. The van der Waals surface area contributed by atoms with Gasteiger partial charge < -0.3 is 14.2 Å². The lowest BCUT2D eigenvalue weighted by molar-refractivity contribution is -0.133. The number of ether oxygens (including phenoxy) is 1. The Morgan fingerprint density at radius 3 is 2.89 bits per heavy atom. The maximum absolute atomic E-state index is 12.8. The highest BCUT2D eigenvalue weighted by molar-refractivity contribution is 5.86. The number of carbonyl (C=O) groups excluding carboxylic acids is 2. The molecule has 1 atom stereocenters. The molecular weight excluding hydrogens is 460 g/mol. The van der Waals surface area contributed by atoms with Gasteiger partial charge in [0.15, 0.2) is 0 Å². The molecule has 3 aliphatic heterocycles. The van der Waals surface area contributed by atoms with Gasteiger partial charge in [-0.2, -0.15) is 10.1 Å². The van der Waals surface area contributed by atoms with Crippen molar-refractivity contribution in [1.82, 2.24) is 19.9 Å². The molecule has 4 aliphatic rings. The van der Waals surface area contributed by atoms with Gasteiger partial charge in [-0.15, -0.1) is 5.11 Å². The van der Waals surface area contributed by atoms with Crippen molar-refractivity contribution in [3.63, 3.8) is 0 Å². The van der Waals surface area contributed by atoms with E-state index in [0.717, 1.165) is 47.7 Å². The first-order chi connectivity index (χ1) is 17.6. The summed E-state index contributed by atoms with van der Waals surface area (Å²) in [6.07, 6.45) is 9.20. The molecule has 1 saturated heterocycles. The van der Waals surface area contributed by atoms with Crippen LogP contribution < -0.4 is 4.74 Å². The Kier molecular flexibility index (Phi) is 6.02. The summed E-state index contributed by atoms with van der Waals surface area (Å²) < 4.78 is 10.9. The Morgan fingerprint density at radius 2 is 2.00 bits per heavy atom. The van der Waals surface area contributed by atoms with E-state index in [1.807, 2.05) is 47.4 Å². The Bertz CT molecular complexity index is 1320. The maximum atomic E-state index is 12.8. The molecule has 6 rings (SSSR count). The van der Waals surface area contributed by atoms with Crippen molar-refractivity contribution < 1.29 is 18.8 Å². The molecule has 1 aromatic heterocycles. The fourth-order valence-electron chi connectivity index (χ4n) is 4.92. The Morgan fingerprint density at radius 1 is 1.11 bits per heavy atom. The monoisotopic (exact) mass is 486 g/mol. The van der Waals surface area contributed by atoms with Gasteiger partial charge >= 0.3 is 0 Å². The quantitative estimate of drug-likeness (QED) is 0.617. The van der Waals surface area contributed by atoms with E-state index in [4.69, 9.17) is 9.26 Å². The van der Waals surface area contributed by atoms with Crippen LogP contribution in [0, 0.1) is 5.92 Å². The van der Waals surface area contributed by atoms with E-state index < -0.39 is 0 Å². The molecule has 36 heavy (non-hydrogen) atoms. The first-order valence-electron chi connectivity index (χ1n) is 12.3. The number of aryl methyl sites for hydroxylation is 1. The lowest BCUT2D eigenvalue weighted by atomic mass is 9.91. The second-order valence-electron chi connectivity index (χ2n) is 9.25. The predicted octanol–water partition coefficient (Wildman–Crippen LogP) is 2.74. The number of hydrogen-bond acceptors (Lipinski definition) is 8. The van der Waals surface area contributed by atoms with Crippen LogP contribution in [0.25, 0.3) is 11.4 Å². The first-order valence-corrected chi connectivity index (χ1v) is 12.3. The summed E-state index contributed by atoms with van der Waals surface area (Å²) in [5.74, 6) is 1.43. The van der Waals surface area contributed by atoms with Crippen LogP contribution >= 0.6 is 0 Å². The van der Waals surface area contributed by atoms with Crippen molar-refractivity contribution in [2.45, 2.75) is 19.3 Å². The molecule has 0 radical (unpaired) electrons. The number of amides is 2. The molecule has 10 heteroatoms. The predicted molar refractivity (Wildman–Crippen MR) is 129 cm³/mol. The van der Waals surface area contributed by atoms with Crippen LogP contribution in [0.2, 0.25) is 0 Å². The molecule has 0 saturated carbocycles. The normalized spacial score (nSPS) is 21.1. The number of hydrogen-bond donors (Lipinski definition) is 0. The van der Waals surface area contributed by atoms with Crippen molar-refractivity contribution in [3.05, 3.63) is 65.2 Å². The number of aromatic nitrogens is 2. The van der Waals surface area contributed by atoms with Gasteiger partial charge in [0.1, 0.15) is 5.75 Å². The molecule has 2 amide bonds. The van der Waals surface area contributed by atoms with Crippen LogP contribution in [0.3, 0.4) is 0 Å². The lowest BCUT2D eigenvalue weighted by Gasteiger charge is -2.35. The van der Waals surface area contributed by atoms with E-state index in [1.54, 1.807) is 0 Å². The Labute approximate surface area is 208 Å². The highest BCUT2D eigenvalue weighted by atomic mass is 16.5. The molecular formula is C26H26N6O4. The van der Waals surface area contributed by atoms with Gasteiger partial charge in [-0.3, -0.25) is 14.5 Å². The molecule has 2 aromatic rings. The van der Waals surface area contributed by atoms with E-state index in [0.29, 0.717) is 50.8 Å². The van der Waals surface area contributed by atoms with Crippen LogP contribution in [0.5, 0.6) is 5.75 Å². The number of rotatable bonds is 6. The molecule has 1 aromatic carbocycles. The number of benzene rings is 1. The second-order valence-corrected chi connectivity index (χ2v) is 9.25. The minimum atomic E-state index is -0.327. The summed E-state index contributed by atoms with van der Waals surface area (Å²) in [4.78, 5) is 33.4. The SMILES string of the molecule is O=C1N=NC(CN2CCN(C(=O)CCc3nc(-c4ccc5c(c4)CCO5)no3)CC2)=C2C=CC=CC12. The number of carbonyl (C=O) groups is 2. The fraction of sp³-hybridized carbons (Fsp3) is 0.385. The zero-order chi connectivity index (χ0) is 24.5. The van der Waals surface area contributed by atoms with Crippen LogP contribution in [-0.2, 0) is 22.4 Å². The van der Waals surface area contributed by atoms with E-state index in [1.165, 1.54) is 0 Å².